The Bertz CT molecular complexity index is 1140. The van der Waals surface area contributed by atoms with Crippen molar-refractivity contribution in [2.75, 3.05) is 19.5 Å². The van der Waals surface area contributed by atoms with Gasteiger partial charge in [0, 0.05) is 12.1 Å². The molecule has 0 aliphatic rings. The second-order valence-electron chi connectivity index (χ2n) is 6.40. The number of nitrogens with one attached hydrogen (secondary N) is 1. The summed E-state index contributed by atoms with van der Waals surface area (Å²) in [4.78, 5) is 4.70. The van der Waals surface area contributed by atoms with Crippen molar-refractivity contribution in [3.8, 4) is 11.5 Å². The van der Waals surface area contributed by atoms with Crippen LogP contribution in [-0.2, 0) is 6.54 Å². The molecule has 29 heavy (non-hydrogen) atoms. The number of imidazole rings is 1. The smallest absolute Gasteiger partial charge is 0.225 e. The average Bonchev–Trinajstić information content (AvgIpc) is 3.14. The molecule has 1 N–H and O–H groups in total. The summed E-state index contributed by atoms with van der Waals surface area (Å²) >= 11 is 0. The van der Waals surface area contributed by atoms with Crippen molar-refractivity contribution in [1.82, 2.24) is 9.66 Å². The highest BCUT2D eigenvalue weighted by Gasteiger charge is 2.11. The first-order chi connectivity index (χ1) is 14.3. The third-order valence-corrected chi connectivity index (χ3v) is 4.58. The van der Waals surface area contributed by atoms with E-state index in [2.05, 4.69) is 17.4 Å². The van der Waals surface area contributed by atoms with Gasteiger partial charge in [-0.1, -0.05) is 48.5 Å². The molecule has 4 rings (SSSR count). The molecular weight excluding hydrogens is 364 g/mol. The van der Waals surface area contributed by atoms with E-state index < -0.39 is 0 Å². The number of ether oxygens (including phenoxy) is 2. The molecule has 1 aromatic heterocycles. The maximum absolute atomic E-state index is 5.50. The van der Waals surface area contributed by atoms with E-state index in [-0.39, 0.29) is 0 Å². The van der Waals surface area contributed by atoms with Gasteiger partial charge in [0.25, 0.3) is 0 Å². The molecule has 0 spiro atoms. The highest BCUT2D eigenvalue weighted by molar-refractivity contribution is 5.86. The number of anilines is 1. The first-order valence-electron chi connectivity index (χ1n) is 9.31. The Morgan fingerprint density at radius 2 is 1.72 bits per heavy atom. The van der Waals surface area contributed by atoms with Gasteiger partial charge in [0.15, 0.2) is 11.5 Å². The first kappa shape index (κ1) is 18.6. The number of methoxy groups -OCH3 is 2. The summed E-state index contributed by atoms with van der Waals surface area (Å²) in [7, 11) is 3.24. The van der Waals surface area contributed by atoms with Crippen LogP contribution in [0.5, 0.6) is 11.5 Å². The fraction of sp³-hybridized carbons (Fsp3) is 0.130. The lowest BCUT2D eigenvalue weighted by molar-refractivity contribution is 0.354. The predicted octanol–water partition coefficient (Wildman–Crippen LogP) is 4.55. The number of nitrogens with zero attached hydrogens (tertiary/aromatic N) is 3. The average molecular weight is 386 g/mol. The largest absolute Gasteiger partial charge is 0.493 e. The fourth-order valence-corrected chi connectivity index (χ4v) is 3.16. The van der Waals surface area contributed by atoms with Crippen molar-refractivity contribution in [1.29, 1.82) is 0 Å². The highest BCUT2D eigenvalue weighted by Crippen LogP contribution is 2.29. The second-order valence-corrected chi connectivity index (χ2v) is 6.40. The molecular formula is C23H22N4O2. The topological polar surface area (TPSA) is 60.7 Å². The second kappa shape index (κ2) is 8.48. The minimum absolute atomic E-state index is 0.641. The van der Waals surface area contributed by atoms with Crippen LogP contribution < -0.4 is 14.8 Å². The van der Waals surface area contributed by atoms with Crippen LogP contribution in [0.15, 0.2) is 77.9 Å². The van der Waals surface area contributed by atoms with Gasteiger partial charge in [-0.2, -0.15) is 9.78 Å². The maximum atomic E-state index is 5.50. The van der Waals surface area contributed by atoms with Gasteiger partial charge in [0.2, 0.25) is 5.95 Å². The molecule has 0 fully saturated rings. The van der Waals surface area contributed by atoms with Crippen LogP contribution in [0.2, 0.25) is 0 Å². The molecule has 0 unspecified atom stereocenters. The number of benzene rings is 3. The fourth-order valence-electron chi connectivity index (χ4n) is 3.16. The summed E-state index contributed by atoms with van der Waals surface area (Å²) < 4.78 is 12.7. The van der Waals surface area contributed by atoms with E-state index in [1.54, 1.807) is 25.1 Å². The van der Waals surface area contributed by atoms with E-state index in [9.17, 15) is 0 Å². The monoisotopic (exact) mass is 386 g/mol. The molecule has 146 valence electrons. The summed E-state index contributed by atoms with van der Waals surface area (Å²) in [5.74, 6) is 1.98. The lowest BCUT2D eigenvalue weighted by atomic mass is 10.2. The van der Waals surface area contributed by atoms with Gasteiger partial charge in [0.05, 0.1) is 31.5 Å². The molecule has 0 radical (unpaired) electrons. The van der Waals surface area contributed by atoms with Crippen molar-refractivity contribution in [3.63, 3.8) is 0 Å². The summed E-state index contributed by atoms with van der Waals surface area (Å²) in [6.45, 7) is 0.655. The Hall–Kier alpha value is -3.80. The molecule has 0 bridgehead atoms. The summed E-state index contributed by atoms with van der Waals surface area (Å²) in [6, 6.07) is 23.8. The van der Waals surface area contributed by atoms with E-state index in [0.717, 1.165) is 16.6 Å². The van der Waals surface area contributed by atoms with Gasteiger partial charge < -0.3 is 14.8 Å². The van der Waals surface area contributed by atoms with E-state index in [1.807, 2.05) is 60.7 Å². The van der Waals surface area contributed by atoms with Gasteiger partial charge >= 0.3 is 0 Å². The molecule has 3 aromatic carbocycles. The Morgan fingerprint density at radius 3 is 2.52 bits per heavy atom. The van der Waals surface area contributed by atoms with Crippen LogP contribution in [0.4, 0.5) is 5.95 Å². The lowest BCUT2D eigenvalue weighted by Gasteiger charge is -2.10. The van der Waals surface area contributed by atoms with E-state index >= 15 is 0 Å². The minimum atomic E-state index is 0.641. The zero-order valence-electron chi connectivity index (χ0n) is 16.4. The molecule has 0 saturated carbocycles. The van der Waals surface area contributed by atoms with E-state index in [0.29, 0.717) is 24.0 Å². The van der Waals surface area contributed by atoms with Crippen molar-refractivity contribution in [2.45, 2.75) is 6.54 Å². The molecule has 0 amide bonds. The lowest BCUT2D eigenvalue weighted by Crippen LogP contribution is -2.05. The number of rotatable bonds is 7. The number of aromatic nitrogens is 2. The van der Waals surface area contributed by atoms with Gasteiger partial charge in [-0.15, -0.1) is 0 Å². The van der Waals surface area contributed by atoms with Gasteiger partial charge in [-0.25, -0.2) is 4.98 Å². The molecule has 6 nitrogen and oxygen atoms in total. The maximum Gasteiger partial charge on any atom is 0.225 e. The van der Waals surface area contributed by atoms with Crippen LogP contribution in [0, 0.1) is 0 Å². The van der Waals surface area contributed by atoms with Crippen LogP contribution in [-0.4, -0.2) is 30.1 Å². The number of hydrogen-bond donors (Lipinski definition) is 1. The van der Waals surface area contributed by atoms with Crippen molar-refractivity contribution < 1.29 is 9.47 Å². The van der Waals surface area contributed by atoms with Crippen LogP contribution in [0.3, 0.4) is 0 Å². The first-order valence-corrected chi connectivity index (χ1v) is 9.31. The quantitative estimate of drug-likeness (QED) is 0.474. The van der Waals surface area contributed by atoms with Crippen LogP contribution in [0.25, 0.3) is 11.0 Å². The zero-order chi connectivity index (χ0) is 20.1. The summed E-state index contributed by atoms with van der Waals surface area (Å²) in [5.41, 5.74) is 3.78. The summed E-state index contributed by atoms with van der Waals surface area (Å²) in [5, 5.41) is 8.08. The highest BCUT2D eigenvalue weighted by atomic mass is 16.5. The van der Waals surface area contributed by atoms with Crippen LogP contribution >= 0.6 is 0 Å². The van der Waals surface area contributed by atoms with Crippen molar-refractivity contribution in [2.24, 2.45) is 5.10 Å². The van der Waals surface area contributed by atoms with Crippen molar-refractivity contribution >= 4 is 23.2 Å². The molecule has 1 heterocycles. The van der Waals surface area contributed by atoms with Gasteiger partial charge in [-0.3, -0.25) is 0 Å². The molecule has 6 heteroatoms. The molecule has 0 aliphatic heterocycles. The zero-order valence-corrected chi connectivity index (χ0v) is 16.4. The van der Waals surface area contributed by atoms with Crippen molar-refractivity contribution in [3.05, 3.63) is 83.9 Å². The Morgan fingerprint density at radius 1 is 0.931 bits per heavy atom. The van der Waals surface area contributed by atoms with E-state index in [1.165, 1.54) is 5.56 Å². The molecule has 0 atom stereocenters. The number of hydrogen-bond acceptors (Lipinski definition) is 5. The normalized spacial score (nSPS) is 11.1. The predicted molar refractivity (Wildman–Crippen MR) is 116 cm³/mol. The number of para-hydroxylation sites is 3. The molecule has 0 saturated heterocycles. The SMILES string of the molecule is COc1cccc(/C=N/n2c(NCc3ccccc3)nc3ccccc32)c1OC. The Balaban J connectivity index is 1.70. The van der Waals surface area contributed by atoms with Crippen LogP contribution in [0.1, 0.15) is 11.1 Å². The standard InChI is InChI=1S/C23H22N4O2/c1-28-21-14-8-11-18(22(21)29-2)16-25-27-20-13-7-6-12-19(20)26-23(27)24-15-17-9-4-3-5-10-17/h3-14,16H,15H2,1-2H3,(H,24,26)/b25-16+. The van der Waals surface area contributed by atoms with E-state index in [4.69, 9.17) is 19.6 Å². The Labute approximate surface area is 169 Å². The number of fused-ring (bicyclic) bond motifs is 1. The van der Waals surface area contributed by atoms with Gasteiger partial charge in [-0.05, 0) is 29.8 Å². The molecule has 0 aliphatic carbocycles. The van der Waals surface area contributed by atoms with Gasteiger partial charge in [0.1, 0.15) is 0 Å². The minimum Gasteiger partial charge on any atom is -0.493 e. The third kappa shape index (κ3) is 3.91. The third-order valence-electron chi connectivity index (χ3n) is 4.58. The molecule has 4 aromatic rings. The Kier molecular flexibility index (Phi) is 5.42. The summed E-state index contributed by atoms with van der Waals surface area (Å²) in [6.07, 6.45) is 1.75.